The Morgan fingerprint density at radius 2 is 2.24 bits per heavy atom. The van der Waals surface area contributed by atoms with Crippen molar-refractivity contribution in [3.8, 4) is 0 Å². The summed E-state index contributed by atoms with van der Waals surface area (Å²) in [5, 5.41) is 4.14. The van der Waals surface area contributed by atoms with Crippen molar-refractivity contribution in [3.05, 3.63) is 43.8 Å². The number of thiazole rings is 1. The zero-order chi connectivity index (χ0) is 15.0. The van der Waals surface area contributed by atoms with Crippen molar-refractivity contribution in [2.24, 2.45) is 5.92 Å². The molecule has 1 aromatic heterocycles. The molecule has 1 heterocycles. The molecule has 1 amide bonds. The van der Waals surface area contributed by atoms with E-state index in [0.717, 1.165) is 40.0 Å². The molecule has 0 saturated carbocycles. The fraction of sp³-hybridized carbons (Fsp3) is 0.375. The van der Waals surface area contributed by atoms with Crippen LogP contribution in [0.2, 0.25) is 0 Å². The normalized spacial score (nSPS) is 17.4. The zero-order valence-corrected chi connectivity index (χ0v) is 14.5. The van der Waals surface area contributed by atoms with Crippen molar-refractivity contribution in [2.45, 2.75) is 33.1 Å². The third-order valence-corrected chi connectivity index (χ3v) is 5.77. The van der Waals surface area contributed by atoms with E-state index in [1.54, 1.807) is 11.3 Å². The first-order chi connectivity index (χ1) is 10.0. The molecule has 1 aromatic carbocycles. The average molecular weight is 365 g/mol. The highest BCUT2D eigenvalue weighted by Crippen LogP contribution is 2.30. The predicted molar refractivity (Wildman–Crippen MR) is 89.9 cm³/mol. The standard InChI is InChI=1S/C16H17BrN2OS/c1-9-7-12(4-5-13(9)17)19-16(20)11-3-6-14-15(8-11)21-10(2)18-14/h4-5,7,11H,3,6,8H2,1-2H3,(H,19,20). The second kappa shape index (κ2) is 5.89. The number of fused-ring (bicyclic) bond motifs is 1. The molecule has 1 atom stereocenters. The summed E-state index contributed by atoms with van der Waals surface area (Å²) < 4.78 is 1.06. The fourth-order valence-electron chi connectivity index (χ4n) is 2.69. The lowest BCUT2D eigenvalue weighted by Crippen LogP contribution is -2.27. The van der Waals surface area contributed by atoms with Gasteiger partial charge in [-0.3, -0.25) is 4.79 Å². The van der Waals surface area contributed by atoms with Gasteiger partial charge in [-0.2, -0.15) is 0 Å². The summed E-state index contributed by atoms with van der Waals surface area (Å²) in [6.07, 6.45) is 2.62. The molecule has 21 heavy (non-hydrogen) atoms. The van der Waals surface area contributed by atoms with Gasteiger partial charge in [-0.05, 0) is 56.9 Å². The Morgan fingerprint density at radius 1 is 1.43 bits per heavy atom. The minimum Gasteiger partial charge on any atom is -0.326 e. The number of anilines is 1. The predicted octanol–water partition coefficient (Wildman–Crippen LogP) is 4.27. The monoisotopic (exact) mass is 364 g/mol. The molecule has 0 fully saturated rings. The van der Waals surface area contributed by atoms with Crippen LogP contribution in [0.1, 0.15) is 27.6 Å². The van der Waals surface area contributed by atoms with Crippen LogP contribution in [-0.2, 0) is 17.6 Å². The molecule has 0 saturated heterocycles. The summed E-state index contributed by atoms with van der Waals surface area (Å²) in [6, 6.07) is 5.89. The largest absolute Gasteiger partial charge is 0.326 e. The second-order valence-electron chi connectivity index (χ2n) is 5.50. The van der Waals surface area contributed by atoms with Crippen LogP contribution in [-0.4, -0.2) is 10.9 Å². The van der Waals surface area contributed by atoms with Gasteiger partial charge in [0.25, 0.3) is 0 Å². The quantitative estimate of drug-likeness (QED) is 0.864. The van der Waals surface area contributed by atoms with Crippen molar-refractivity contribution < 1.29 is 4.79 Å². The maximum absolute atomic E-state index is 12.4. The average Bonchev–Trinajstić information content (AvgIpc) is 2.82. The number of halogens is 1. The molecule has 0 radical (unpaired) electrons. The third kappa shape index (κ3) is 3.19. The molecule has 0 bridgehead atoms. The Balaban J connectivity index is 1.70. The number of carbonyl (C=O) groups excluding carboxylic acids is 1. The summed E-state index contributed by atoms with van der Waals surface area (Å²) in [4.78, 5) is 18.3. The third-order valence-electron chi connectivity index (χ3n) is 3.84. The molecule has 1 N–H and O–H groups in total. The Bertz CT molecular complexity index is 696. The molecule has 1 aliphatic rings. The molecule has 3 rings (SSSR count). The van der Waals surface area contributed by atoms with Crippen LogP contribution >= 0.6 is 27.3 Å². The minimum absolute atomic E-state index is 0.0568. The smallest absolute Gasteiger partial charge is 0.227 e. The summed E-state index contributed by atoms with van der Waals surface area (Å²) >= 11 is 5.20. The Kier molecular flexibility index (Phi) is 4.13. The summed E-state index contributed by atoms with van der Waals surface area (Å²) in [7, 11) is 0. The van der Waals surface area contributed by atoms with E-state index in [1.165, 1.54) is 10.6 Å². The number of aromatic nitrogens is 1. The maximum Gasteiger partial charge on any atom is 0.227 e. The van der Waals surface area contributed by atoms with Crippen LogP contribution in [0.3, 0.4) is 0 Å². The van der Waals surface area contributed by atoms with Gasteiger partial charge in [-0.15, -0.1) is 11.3 Å². The lowest BCUT2D eigenvalue weighted by atomic mass is 9.90. The van der Waals surface area contributed by atoms with Crippen molar-refractivity contribution in [1.82, 2.24) is 4.98 Å². The fourth-order valence-corrected chi connectivity index (χ4v) is 4.00. The number of carbonyl (C=O) groups is 1. The number of rotatable bonds is 2. The maximum atomic E-state index is 12.4. The molecule has 5 heteroatoms. The van der Waals surface area contributed by atoms with E-state index in [4.69, 9.17) is 0 Å². The number of nitrogens with one attached hydrogen (secondary N) is 1. The molecule has 110 valence electrons. The van der Waals surface area contributed by atoms with Gasteiger partial charge >= 0.3 is 0 Å². The molecule has 2 aromatic rings. The molecule has 0 aliphatic heterocycles. The van der Waals surface area contributed by atoms with Gasteiger partial charge in [0.05, 0.1) is 10.7 Å². The minimum atomic E-state index is 0.0568. The zero-order valence-electron chi connectivity index (χ0n) is 12.1. The Labute approximate surface area is 136 Å². The number of benzene rings is 1. The highest BCUT2D eigenvalue weighted by Gasteiger charge is 2.27. The number of aryl methyl sites for hydroxylation is 3. The van der Waals surface area contributed by atoms with Crippen molar-refractivity contribution in [3.63, 3.8) is 0 Å². The number of nitrogens with zero attached hydrogens (tertiary/aromatic N) is 1. The molecular formula is C16H17BrN2OS. The lowest BCUT2D eigenvalue weighted by molar-refractivity contribution is -0.120. The second-order valence-corrected chi connectivity index (χ2v) is 7.64. The lowest BCUT2D eigenvalue weighted by Gasteiger charge is -2.20. The Morgan fingerprint density at radius 3 is 3.00 bits per heavy atom. The van der Waals surface area contributed by atoms with Gasteiger partial charge in [0.1, 0.15) is 0 Å². The molecular weight excluding hydrogens is 348 g/mol. The van der Waals surface area contributed by atoms with Crippen LogP contribution in [0.15, 0.2) is 22.7 Å². The first-order valence-corrected chi connectivity index (χ1v) is 8.66. The first-order valence-electron chi connectivity index (χ1n) is 7.05. The number of hydrogen-bond acceptors (Lipinski definition) is 3. The van der Waals surface area contributed by atoms with E-state index in [2.05, 4.69) is 26.2 Å². The SMILES string of the molecule is Cc1nc2c(s1)CC(C(=O)Nc1ccc(Br)c(C)c1)CC2. The van der Waals surface area contributed by atoms with Gasteiger partial charge in [0, 0.05) is 21.0 Å². The van der Waals surface area contributed by atoms with E-state index in [1.807, 2.05) is 32.0 Å². The van der Waals surface area contributed by atoms with Crippen LogP contribution in [0.25, 0.3) is 0 Å². The van der Waals surface area contributed by atoms with Crippen molar-refractivity contribution in [2.75, 3.05) is 5.32 Å². The van der Waals surface area contributed by atoms with E-state index < -0.39 is 0 Å². The van der Waals surface area contributed by atoms with Crippen molar-refractivity contribution >= 4 is 38.9 Å². The van der Waals surface area contributed by atoms with E-state index >= 15 is 0 Å². The van der Waals surface area contributed by atoms with Crippen molar-refractivity contribution in [1.29, 1.82) is 0 Å². The Hall–Kier alpha value is -1.20. The van der Waals surface area contributed by atoms with E-state index in [0.29, 0.717) is 0 Å². The van der Waals surface area contributed by atoms with E-state index in [9.17, 15) is 4.79 Å². The summed E-state index contributed by atoms with van der Waals surface area (Å²) in [5.74, 6) is 0.176. The summed E-state index contributed by atoms with van der Waals surface area (Å²) in [5.41, 5.74) is 3.19. The summed E-state index contributed by atoms with van der Waals surface area (Å²) in [6.45, 7) is 4.05. The highest BCUT2D eigenvalue weighted by atomic mass is 79.9. The topological polar surface area (TPSA) is 42.0 Å². The van der Waals surface area contributed by atoms with Crippen LogP contribution < -0.4 is 5.32 Å². The van der Waals surface area contributed by atoms with Gasteiger partial charge < -0.3 is 5.32 Å². The van der Waals surface area contributed by atoms with Crippen LogP contribution in [0.5, 0.6) is 0 Å². The number of amides is 1. The van der Waals surface area contributed by atoms with Crippen LogP contribution in [0, 0.1) is 19.8 Å². The van der Waals surface area contributed by atoms with Gasteiger partial charge in [0.2, 0.25) is 5.91 Å². The van der Waals surface area contributed by atoms with Gasteiger partial charge in [0.15, 0.2) is 0 Å². The molecule has 3 nitrogen and oxygen atoms in total. The molecule has 1 unspecified atom stereocenters. The highest BCUT2D eigenvalue weighted by molar-refractivity contribution is 9.10. The molecule has 1 aliphatic carbocycles. The van der Waals surface area contributed by atoms with E-state index in [-0.39, 0.29) is 11.8 Å². The number of hydrogen-bond donors (Lipinski definition) is 1. The molecule has 0 spiro atoms. The first kappa shape index (κ1) is 14.7. The van der Waals surface area contributed by atoms with Crippen LogP contribution in [0.4, 0.5) is 5.69 Å². The van der Waals surface area contributed by atoms with Gasteiger partial charge in [-0.25, -0.2) is 4.98 Å². The van der Waals surface area contributed by atoms with Gasteiger partial charge in [-0.1, -0.05) is 15.9 Å².